The summed E-state index contributed by atoms with van der Waals surface area (Å²) in [6.07, 6.45) is 0.338. The van der Waals surface area contributed by atoms with Gasteiger partial charge in [-0.1, -0.05) is 48.5 Å². The molecule has 2 aromatic carbocycles. The van der Waals surface area contributed by atoms with Crippen molar-refractivity contribution in [3.63, 3.8) is 0 Å². The van der Waals surface area contributed by atoms with E-state index in [0.29, 0.717) is 19.5 Å². The summed E-state index contributed by atoms with van der Waals surface area (Å²) in [5.74, 6) is 0.115. The van der Waals surface area contributed by atoms with E-state index in [1.54, 1.807) is 11.3 Å². The minimum atomic E-state index is 0.115. The molecule has 2 heterocycles. The standard InChI is InChI=1S/C25H29N3O2S/c1-2-28(18-20-7-4-3-5-8-20)24(29)16-23-19-31-25(26-23)22-10-6-9-21(15-22)17-27-11-13-30-14-12-27/h3-10,15,19H,2,11-14,16-18H2,1H3. The van der Waals surface area contributed by atoms with E-state index in [4.69, 9.17) is 9.72 Å². The zero-order chi connectivity index (χ0) is 21.5. The first-order chi connectivity index (χ1) is 15.2. The van der Waals surface area contributed by atoms with Crippen LogP contribution in [0.15, 0.2) is 60.0 Å². The number of aromatic nitrogens is 1. The molecule has 1 aliphatic heterocycles. The van der Waals surface area contributed by atoms with E-state index in [-0.39, 0.29) is 5.91 Å². The fraction of sp³-hybridized carbons (Fsp3) is 0.360. The van der Waals surface area contributed by atoms with Crippen molar-refractivity contribution < 1.29 is 9.53 Å². The van der Waals surface area contributed by atoms with Crippen LogP contribution in [0, 0.1) is 0 Å². The smallest absolute Gasteiger partial charge is 0.228 e. The number of carbonyl (C=O) groups excluding carboxylic acids is 1. The molecule has 0 unspecified atom stereocenters. The molecule has 5 nitrogen and oxygen atoms in total. The normalized spacial score (nSPS) is 14.5. The van der Waals surface area contributed by atoms with Crippen LogP contribution in [0.2, 0.25) is 0 Å². The molecule has 1 aromatic heterocycles. The summed E-state index contributed by atoms with van der Waals surface area (Å²) in [5, 5.41) is 2.98. The van der Waals surface area contributed by atoms with E-state index in [9.17, 15) is 4.79 Å². The lowest BCUT2D eigenvalue weighted by Gasteiger charge is -2.26. The fourth-order valence-electron chi connectivity index (χ4n) is 3.79. The quantitative estimate of drug-likeness (QED) is 0.531. The van der Waals surface area contributed by atoms with Gasteiger partial charge in [-0.05, 0) is 24.1 Å². The van der Waals surface area contributed by atoms with Crippen LogP contribution in [0.5, 0.6) is 0 Å². The number of thiazole rings is 1. The molecular weight excluding hydrogens is 406 g/mol. The average molecular weight is 436 g/mol. The van der Waals surface area contributed by atoms with Crippen molar-refractivity contribution in [3.05, 3.63) is 76.8 Å². The van der Waals surface area contributed by atoms with Crippen molar-refractivity contribution in [2.75, 3.05) is 32.8 Å². The number of morpholine rings is 1. The molecule has 1 aliphatic rings. The lowest BCUT2D eigenvalue weighted by Crippen LogP contribution is -2.35. The molecule has 0 atom stereocenters. The molecule has 162 valence electrons. The number of amides is 1. The SMILES string of the molecule is CCN(Cc1ccccc1)C(=O)Cc1csc(-c2cccc(CN3CCOCC3)c2)n1. The predicted octanol–water partition coefficient (Wildman–Crippen LogP) is 4.23. The van der Waals surface area contributed by atoms with Gasteiger partial charge in [-0.2, -0.15) is 0 Å². The van der Waals surface area contributed by atoms with Gasteiger partial charge in [-0.3, -0.25) is 9.69 Å². The second kappa shape index (κ2) is 10.7. The molecule has 4 rings (SSSR count). The average Bonchev–Trinajstić information content (AvgIpc) is 3.27. The van der Waals surface area contributed by atoms with Crippen molar-refractivity contribution in [2.45, 2.75) is 26.4 Å². The van der Waals surface area contributed by atoms with Gasteiger partial charge in [0.25, 0.3) is 0 Å². The van der Waals surface area contributed by atoms with Crippen LogP contribution in [0.3, 0.4) is 0 Å². The van der Waals surface area contributed by atoms with E-state index in [1.807, 2.05) is 35.4 Å². The molecule has 31 heavy (non-hydrogen) atoms. The van der Waals surface area contributed by atoms with Gasteiger partial charge in [0.15, 0.2) is 0 Å². The zero-order valence-electron chi connectivity index (χ0n) is 18.0. The minimum absolute atomic E-state index is 0.115. The third-order valence-electron chi connectivity index (χ3n) is 5.52. The Morgan fingerprint density at radius 1 is 1.10 bits per heavy atom. The van der Waals surface area contributed by atoms with Gasteiger partial charge in [0, 0.05) is 43.7 Å². The molecule has 0 spiro atoms. The molecule has 0 bridgehead atoms. The highest BCUT2D eigenvalue weighted by molar-refractivity contribution is 7.13. The first-order valence-corrected chi connectivity index (χ1v) is 11.7. The maximum absolute atomic E-state index is 12.8. The van der Waals surface area contributed by atoms with Crippen LogP contribution in [0.4, 0.5) is 0 Å². The van der Waals surface area contributed by atoms with Crippen molar-refractivity contribution in [2.24, 2.45) is 0 Å². The molecule has 6 heteroatoms. The summed E-state index contributed by atoms with van der Waals surface area (Å²) >= 11 is 1.61. The van der Waals surface area contributed by atoms with Crippen LogP contribution in [0.25, 0.3) is 10.6 Å². The highest BCUT2D eigenvalue weighted by Gasteiger charge is 2.16. The summed E-state index contributed by atoms with van der Waals surface area (Å²) in [5.41, 5.74) is 4.39. The van der Waals surface area contributed by atoms with Crippen LogP contribution in [-0.4, -0.2) is 53.5 Å². The number of ether oxygens (including phenoxy) is 1. The van der Waals surface area contributed by atoms with Crippen molar-refractivity contribution in [1.29, 1.82) is 0 Å². The lowest BCUT2D eigenvalue weighted by molar-refractivity contribution is -0.130. The van der Waals surface area contributed by atoms with E-state index < -0.39 is 0 Å². The number of likely N-dealkylation sites (N-methyl/N-ethyl adjacent to an activating group) is 1. The number of hydrogen-bond acceptors (Lipinski definition) is 5. The summed E-state index contributed by atoms with van der Waals surface area (Å²) in [6, 6.07) is 18.7. The van der Waals surface area contributed by atoms with E-state index in [0.717, 1.165) is 54.7 Å². The molecule has 0 radical (unpaired) electrons. The number of rotatable bonds is 8. The molecule has 1 amide bonds. The summed E-state index contributed by atoms with van der Waals surface area (Å²) < 4.78 is 5.44. The van der Waals surface area contributed by atoms with Crippen LogP contribution < -0.4 is 0 Å². The number of nitrogens with zero attached hydrogens (tertiary/aromatic N) is 3. The van der Waals surface area contributed by atoms with E-state index in [1.165, 1.54) is 5.56 Å². The number of carbonyl (C=O) groups is 1. The van der Waals surface area contributed by atoms with Crippen molar-refractivity contribution in [1.82, 2.24) is 14.8 Å². The first-order valence-electron chi connectivity index (χ1n) is 10.9. The molecule has 1 fully saturated rings. The number of benzene rings is 2. The maximum Gasteiger partial charge on any atom is 0.228 e. The molecule has 0 aliphatic carbocycles. The number of hydrogen-bond donors (Lipinski definition) is 0. The van der Waals surface area contributed by atoms with Gasteiger partial charge >= 0.3 is 0 Å². The second-order valence-corrected chi connectivity index (χ2v) is 8.66. The molecule has 1 saturated heterocycles. The van der Waals surface area contributed by atoms with Crippen molar-refractivity contribution in [3.8, 4) is 10.6 Å². The topological polar surface area (TPSA) is 45.7 Å². The van der Waals surface area contributed by atoms with Crippen LogP contribution in [0.1, 0.15) is 23.7 Å². The summed E-state index contributed by atoms with van der Waals surface area (Å²) in [4.78, 5) is 21.9. The largest absolute Gasteiger partial charge is 0.379 e. The molecular formula is C25H29N3O2S. The Morgan fingerprint density at radius 3 is 2.65 bits per heavy atom. The Labute approximate surface area is 188 Å². The molecule has 3 aromatic rings. The highest BCUT2D eigenvalue weighted by atomic mass is 32.1. The second-order valence-electron chi connectivity index (χ2n) is 7.80. The van der Waals surface area contributed by atoms with Crippen LogP contribution >= 0.6 is 11.3 Å². The molecule has 0 saturated carbocycles. The van der Waals surface area contributed by atoms with E-state index >= 15 is 0 Å². The third-order valence-corrected chi connectivity index (χ3v) is 6.46. The third kappa shape index (κ3) is 6.00. The Bertz CT molecular complexity index is 983. The Morgan fingerprint density at radius 2 is 1.87 bits per heavy atom. The Kier molecular flexibility index (Phi) is 7.46. The Hall–Kier alpha value is -2.54. The summed E-state index contributed by atoms with van der Waals surface area (Å²) in [7, 11) is 0. The predicted molar refractivity (Wildman–Crippen MR) is 125 cm³/mol. The zero-order valence-corrected chi connectivity index (χ0v) is 18.8. The van der Waals surface area contributed by atoms with Gasteiger partial charge < -0.3 is 9.64 Å². The lowest BCUT2D eigenvalue weighted by atomic mass is 10.1. The maximum atomic E-state index is 12.8. The highest BCUT2D eigenvalue weighted by Crippen LogP contribution is 2.25. The van der Waals surface area contributed by atoms with Crippen molar-refractivity contribution >= 4 is 17.2 Å². The van der Waals surface area contributed by atoms with Gasteiger partial charge in [0.05, 0.1) is 25.3 Å². The van der Waals surface area contributed by atoms with E-state index in [2.05, 4.69) is 41.3 Å². The van der Waals surface area contributed by atoms with Gasteiger partial charge in [-0.15, -0.1) is 11.3 Å². The van der Waals surface area contributed by atoms with Crippen LogP contribution in [-0.2, 0) is 29.0 Å². The first kappa shape index (κ1) is 21.7. The summed E-state index contributed by atoms with van der Waals surface area (Å²) in [6.45, 7) is 7.84. The Balaban J connectivity index is 1.39. The molecule has 0 N–H and O–H groups in total. The monoisotopic (exact) mass is 435 g/mol. The van der Waals surface area contributed by atoms with Gasteiger partial charge in [0.1, 0.15) is 5.01 Å². The minimum Gasteiger partial charge on any atom is -0.379 e. The van der Waals surface area contributed by atoms with Gasteiger partial charge in [0.2, 0.25) is 5.91 Å². The fourth-order valence-corrected chi connectivity index (χ4v) is 4.60. The van der Waals surface area contributed by atoms with Gasteiger partial charge in [-0.25, -0.2) is 4.98 Å².